The SMILES string of the molecule is CC[Si](CC)(CCC(F)(F)C(F)(F)C(F)(F)F)OC. The summed E-state index contributed by atoms with van der Waals surface area (Å²) < 4.78 is 92.6. The number of hydrogen-bond acceptors (Lipinski definition) is 1. The summed E-state index contributed by atoms with van der Waals surface area (Å²) in [4.78, 5) is 0. The van der Waals surface area contributed by atoms with Crippen LogP contribution in [0.3, 0.4) is 0 Å². The van der Waals surface area contributed by atoms with E-state index >= 15 is 0 Å². The topological polar surface area (TPSA) is 9.23 Å². The van der Waals surface area contributed by atoms with Crippen molar-refractivity contribution in [2.24, 2.45) is 0 Å². The first-order valence-corrected chi connectivity index (χ1v) is 8.29. The molecule has 0 saturated carbocycles. The van der Waals surface area contributed by atoms with Gasteiger partial charge in [0.1, 0.15) is 0 Å². The fourth-order valence-electron chi connectivity index (χ4n) is 1.74. The fraction of sp³-hybridized carbons (Fsp3) is 1.00. The molecule has 0 bridgehead atoms. The van der Waals surface area contributed by atoms with Crippen LogP contribution in [-0.2, 0) is 4.43 Å². The van der Waals surface area contributed by atoms with Gasteiger partial charge in [-0.05, 0) is 18.1 Å². The highest BCUT2D eigenvalue weighted by Crippen LogP contribution is 2.49. The molecular formula is C10H17F7OSi. The molecule has 0 fully saturated rings. The van der Waals surface area contributed by atoms with Gasteiger partial charge in [-0.2, -0.15) is 30.7 Å². The molecule has 0 aliphatic rings. The van der Waals surface area contributed by atoms with Gasteiger partial charge in [-0.3, -0.25) is 0 Å². The second kappa shape index (κ2) is 5.98. The molecule has 0 aromatic rings. The van der Waals surface area contributed by atoms with Crippen LogP contribution in [0.4, 0.5) is 30.7 Å². The van der Waals surface area contributed by atoms with E-state index in [4.69, 9.17) is 4.43 Å². The molecule has 0 atom stereocenters. The maximum Gasteiger partial charge on any atom is 0.459 e. The lowest BCUT2D eigenvalue weighted by atomic mass is 10.1. The van der Waals surface area contributed by atoms with E-state index in [0.29, 0.717) is 12.1 Å². The first-order chi connectivity index (χ1) is 8.39. The lowest BCUT2D eigenvalue weighted by Crippen LogP contribution is -2.52. The zero-order chi connectivity index (χ0) is 15.5. The minimum absolute atomic E-state index is 0.383. The molecule has 0 spiro atoms. The minimum atomic E-state index is -6.26. The molecular weight excluding hydrogens is 297 g/mol. The molecule has 0 N–H and O–H groups in total. The van der Waals surface area contributed by atoms with Gasteiger partial charge in [-0.25, -0.2) is 0 Å². The van der Waals surface area contributed by atoms with Crippen LogP contribution < -0.4 is 0 Å². The number of hydrogen-bond donors (Lipinski definition) is 0. The summed E-state index contributed by atoms with van der Waals surface area (Å²) in [7, 11) is -1.37. The number of rotatable bonds is 7. The molecule has 116 valence electrons. The molecule has 0 radical (unpaired) electrons. The van der Waals surface area contributed by atoms with Crippen LogP contribution in [0, 0.1) is 0 Å². The van der Waals surface area contributed by atoms with Crippen molar-refractivity contribution < 1.29 is 35.2 Å². The molecule has 0 unspecified atom stereocenters. The second-order valence-corrected chi connectivity index (χ2v) is 9.06. The Morgan fingerprint density at radius 2 is 1.32 bits per heavy atom. The van der Waals surface area contributed by atoms with Gasteiger partial charge >= 0.3 is 18.0 Å². The first-order valence-electron chi connectivity index (χ1n) is 5.76. The van der Waals surface area contributed by atoms with Crippen molar-refractivity contribution in [3.05, 3.63) is 0 Å². The molecule has 1 nitrogen and oxygen atoms in total. The highest BCUT2D eigenvalue weighted by atomic mass is 28.4. The van der Waals surface area contributed by atoms with E-state index in [-0.39, 0.29) is 0 Å². The largest absolute Gasteiger partial charge is 0.459 e. The van der Waals surface area contributed by atoms with Gasteiger partial charge in [-0.15, -0.1) is 0 Å². The van der Waals surface area contributed by atoms with E-state index in [0.717, 1.165) is 0 Å². The predicted octanol–water partition coefficient (Wildman–Crippen LogP) is 4.84. The third-order valence-electron chi connectivity index (χ3n) is 3.43. The normalized spacial score (nSPS) is 14.8. The summed E-state index contributed by atoms with van der Waals surface area (Å²) in [5, 5.41) is 0. The van der Waals surface area contributed by atoms with Crippen molar-refractivity contribution in [2.45, 2.75) is 56.4 Å². The Hall–Kier alpha value is -0.313. The van der Waals surface area contributed by atoms with Gasteiger partial charge in [0, 0.05) is 13.5 Å². The van der Waals surface area contributed by atoms with Crippen molar-refractivity contribution >= 4 is 8.32 Å². The van der Waals surface area contributed by atoms with Crippen molar-refractivity contribution in [2.75, 3.05) is 7.11 Å². The minimum Gasteiger partial charge on any atom is -0.420 e. The van der Waals surface area contributed by atoms with Gasteiger partial charge in [0.2, 0.25) is 0 Å². The van der Waals surface area contributed by atoms with Gasteiger partial charge in [0.05, 0.1) is 0 Å². The standard InChI is InChI=1S/C10H17F7OSi/c1-4-19(5-2,18-3)7-6-8(11,12)9(13,14)10(15,16)17/h4-7H2,1-3H3. The van der Waals surface area contributed by atoms with Crippen LogP contribution >= 0.6 is 0 Å². The van der Waals surface area contributed by atoms with Crippen LogP contribution in [0.5, 0.6) is 0 Å². The lowest BCUT2D eigenvalue weighted by Gasteiger charge is -2.32. The summed E-state index contributed by atoms with van der Waals surface area (Å²) in [6.45, 7) is 3.30. The maximum atomic E-state index is 13.1. The molecule has 19 heavy (non-hydrogen) atoms. The van der Waals surface area contributed by atoms with E-state index in [2.05, 4.69) is 0 Å². The zero-order valence-corrected chi connectivity index (χ0v) is 11.9. The Bertz CT molecular complexity index is 278. The fourth-order valence-corrected chi connectivity index (χ4v) is 4.50. The van der Waals surface area contributed by atoms with Crippen LogP contribution in [0.2, 0.25) is 18.1 Å². The maximum absolute atomic E-state index is 13.1. The summed E-state index contributed by atoms with van der Waals surface area (Å²) >= 11 is 0. The number of halogens is 7. The van der Waals surface area contributed by atoms with Crippen molar-refractivity contribution in [3.8, 4) is 0 Å². The molecule has 0 rings (SSSR count). The van der Waals surface area contributed by atoms with E-state index in [1.165, 1.54) is 7.11 Å². The highest BCUT2D eigenvalue weighted by Gasteiger charge is 2.72. The van der Waals surface area contributed by atoms with Crippen LogP contribution in [0.15, 0.2) is 0 Å². The third kappa shape index (κ3) is 3.84. The third-order valence-corrected chi connectivity index (χ3v) is 8.04. The van der Waals surface area contributed by atoms with Gasteiger partial charge in [-0.1, -0.05) is 13.8 Å². The van der Waals surface area contributed by atoms with Crippen LogP contribution in [0.25, 0.3) is 0 Å². The number of alkyl halides is 7. The lowest BCUT2D eigenvalue weighted by molar-refractivity contribution is -0.354. The Kier molecular flexibility index (Phi) is 5.89. The first kappa shape index (κ1) is 18.7. The van der Waals surface area contributed by atoms with Crippen molar-refractivity contribution in [1.29, 1.82) is 0 Å². The molecule has 0 aromatic heterocycles. The Morgan fingerprint density at radius 1 is 0.895 bits per heavy atom. The van der Waals surface area contributed by atoms with Crippen molar-refractivity contribution in [1.82, 2.24) is 0 Å². The van der Waals surface area contributed by atoms with E-state index in [9.17, 15) is 30.7 Å². The molecule has 0 saturated heterocycles. The van der Waals surface area contributed by atoms with Gasteiger partial charge in [0.25, 0.3) is 0 Å². The van der Waals surface area contributed by atoms with Crippen molar-refractivity contribution in [3.63, 3.8) is 0 Å². The van der Waals surface area contributed by atoms with E-state index < -0.39 is 38.8 Å². The molecule has 9 heteroatoms. The Labute approximate surface area is 108 Å². The molecule has 0 aliphatic carbocycles. The van der Waals surface area contributed by atoms with Gasteiger partial charge < -0.3 is 4.43 Å². The zero-order valence-electron chi connectivity index (χ0n) is 10.9. The van der Waals surface area contributed by atoms with E-state index in [1.54, 1.807) is 13.8 Å². The predicted molar refractivity (Wildman–Crippen MR) is 59.1 cm³/mol. The summed E-state index contributed by atoms with van der Waals surface area (Å²) in [5.74, 6) is -11.1. The Morgan fingerprint density at radius 3 is 1.58 bits per heavy atom. The molecule has 0 amide bonds. The molecule has 0 heterocycles. The van der Waals surface area contributed by atoms with Crippen LogP contribution in [-0.4, -0.2) is 33.4 Å². The monoisotopic (exact) mass is 314 g/mol. The molecule has 0 aliphatic heterocycles. The van der Waals surface area contributed by atoms with E-state index in [1.807, 2.05) is 0 Å². The smallest absolute Gasteiger partial charge is 0.420 e. The van der Waals surface area contributed by atoms with Crippen LogP contribution in [0.1, 0.15) is 20.3 Å². The highest BCUT2D eigenvalue weighted by molar-refractivity contribution is 6.73. The molecule has 0 aromatic carbocycles. The summed E-state index contributed by atoms with van der Waals surface area (Å²) in [6.07, 6.45) is -7.78. The summed E-state index contributed by atoms with van der Waals surface area (Å²) in [5.41, 5.74) is 0. The van der Waals surface area contributed by atoms with Gasteiger partial charge in [0.15, 0.2) is 8.32 Å². The average Bonchev–Trinajstić information content (AvgIpc) is 2.30. The second-order valence-electron chi connectivity index (χ2n) is 4.37. The quantitative estimate of drug-likeness (QED) is 0.482. The Balaban J connectivity index is 4.98. The summed E-state index contributed by atoms with van der Waals surface area (Å²) in [6, 6.07) is 0.330. The average molecular weight is 314 g/mol.